The molecule has 2 rings (SSSR count). The Morgan fingerprint density at radius 2 is 1.97 bits per heavy atom. The molecule has 0 aromatic heterocycles. The first-order valence-corrected chi connectivity index (χ1v) is 11.4. The lowest BCUT2D eigenvalue weighted by Crippen LogP contribution is -2.43. The number of likely N-dealkylation sites (N-methyl/N-ethyl adjacent to an activating group) is 1. The molecule has 0 bridgehead atoms. The van der Waals surface area contributed by atoms with Gasteiger partial charge in [-0.2, -0.15) is 0 Å². The van der Waals surface area contributed by atoms with Gasteiger partial charge in [-0.05, 0) is 44.2 Å². The van der Waals surface area contributed by atoms with Crippen LogP contribution in [0.15, 0.2) is 52.6 Å². The second kappa shape index (κ2) is 10.0. The van der Waals surface area contributed by atoms with Crippen molar-refractivity contribution in [2.24, 2.45) is 0 Å². The number of aliphatic hydroxyl groups excluding tert-OH is 1. The van der Waals surface area contributed by atoms with E-state index in [0.29, 0.717) is 11.1 Å². The van der Waals surface area contributed by atoms with E-state index in [1.807, 2.05) is 20.0 Å². The van der Waals surface area contributed by atoms with Crippen LogP contribution in [0.25, 0.3) is 0 Å². The molecule has 8 heteroatoms. The summed E-state index contributed by atoms with van der Waals surface area (Å²) in [5, 5.41) is 15.9. The number of hydrogen-bond acceptors (Lipinski definition) is 6. The molecule has 2 atom stereocenters. The van der Waals surface area contributed by atoms with Gasteiger partial charge in [0.25, 0.3) is 5.91 Å². The monoisotopic (exact) mass is 421 g/mol. The average Bonchev–Trinajstić information content (AvgIpc) is 2.70. The summed E-state index contributed by atoms with van der Waals surface area (Å²) in [5.74, 6) is -0.284. The van der Waals surface area contributed by atoms with Crippen LogP contribution in [0.5, 0.6) is 0 Å². The topological polar surface area (TPSA) is 98.7 Å². The SMILES string of the molecule is CCC1N/C=C(C(=O)NC(CO)c2ccc(S(=O)(=O)CC)cc2)\C=C(/C)CN1C. The maximum absolute atomic E-state index is 12.8. The van der Waals surface area contributed by atoms with E-state index < -0.39 is 15.9 Å². The molecule has 0 radical (unpaired) electrons. The molecule has 2 unspecified atom stereocenters. The van der Waals surface area contributed by atoms with Gasteiger partial charge in [0.1, 0.15) is 0 Å². The number of amides is 1. The Kier molecular flexibility index (Phi) is 8.01. The zero-order valence-electron chi connectivity index (χ0n) is 17.5. The van der Waals surface area contributed by atoms with Gasteiger partial charge in [-0.15, -0.1) is 0 Å². The zero-order valence-corrected chi connectivity index (χ0v) is 18.3. The minimum Gasteiger partial charge on any atom is -0.394 e. The van der Waals surface area contributed by atoms with Gasteiger partial charge in [0.2, 0.25) is 0 Å². The molecule has 1 aromatic carbocycles. The molecule has 0 aliphatic carbocycles. The normalized spacial score (nSPS) is 22.9. The lowest BCUT2D eigenvalue weighted by atomic mass is 10.1. The maximum atomic E-state index is 12.8. The first kappa shape index (κ1) is 23.1. The standard InChI is InChI=1S/C21H31N3O4S/c1-5-20-22-12-17(11-15(3)13-24(20)4)21(26)23-19(14-25)16-7-9-18(10-8-16)29(27,28)6-2/h7-12,19-20,22,25H,5-6,13-14H2,1-4H3,(H,23,26)/b15-11+,17-12+. The van der Waals surface area contributed by atoms with Gasteiger partial charge in [0.05, 0.1) is 35.0 Å². The largest absolute Gasteiger partial charge is 0.394 e. The lowest BCUT2D eigenvalue weighted by molar-refractivity contribution is -0.118. The fraction of sp³-hybridized carbons (Fsp3) is 0.476. The maximum Gasteiger partial charge on any atom is 0.253 e. The molecule has 1 aromatic rings. The minimum absolute atomic E-state index is 0.0211. The fourth-order valence-corrected chi connectivity index (χ4v) is 4.16. The second-order valence-corrected chi connectivity index (χ2v) is 9.56. The summed E-state index contributed by atoms with van der Waals surface area (Å²) >= 11 is 0. The molecule has 1 aliphatic heterocycles. The summed E-state index contributed by atoms with van der Waals surface area (Å²) in [6.45, 7) is 6.09. The van der Waals surface area contributed by atoms with Crippen LogP contribution < -0.4 is 10.6 Å². The van der Waals surface area contributed by atoms with E-state index >= 15 is 0 Å². The Hall–Kier alpha value is -2.16. The molecule has 29 heavy (non-hydrogen) atoms. The van der Waals surface area contributed by atoms with Crippen molar-refractivity contribution in [1.82, 2.24) is 15.5 Å². The van der Waals surface area contributed by atoms with Crippen LogP contribution in [-0.2, 0) is 14.6 Å². The molecule has 1 heterocycles. The van der Waals surface area contributed by atoms with Crippen LogP contribution in [-0.4, -0.2) is 56.4 Å². The summed E-state index contributed by atoms with van der Waals surface area (Å²) in [5.41, 5.74) is 2.18. The van der Waals surface area contributed by atoms with Gasteiger partial charge in [0.15, 0.2) is 9.84 Å². The van der Waals surface area contributed by atoms with E-state index in [1.165, 1.54) is 12.1 Å². The van der Waals surface area contributed by atoms with Crippen molar-refractivity contribution >= 4 is 15.7 Å². The van der Waals surface area contributed by atoms with Crippen LogP contribution in [0, 0.1) is 0 Å². The van der Waals surface area contributed by atoms with E-state index in [4.69, 9.17) is 0 Å². The molecule has 0 spiro atoms. The van der Waals surface area contributed by atoms with Crippen molar-refractivity contribution in [1.29, 1.82) is 0 Å². The zero-order chi connectivity index (χ0) is 21.6. The summed E-state index contributed by atoms with van der Waals surface area (Å²) < 4.78 is 23.9. The summed E-state index contributed by atoms with van der Waals surface area (Å²) in [6.07, 6.45) is 4.55. The van der Waals surface area contributed by atoms with Gasteiger partial charge in [-0.3, -0.25) is 9.69 Å². The molecular weight excluding hydrogens is 390 g/mol. The van der Waals surface area contributed by atoms with Crippen molar-refractivity contribution in [2.45, 2.75) is 44.3 Å². The first-order valence-electron chi connectivity index (χ1n) is 9.79. The highest BCUT2D eigenvalue weighted by molar-refractivity contribution is 7.91. The van der Waals surface area contributed by atoms with E-state index in [2.05, 4.69) is 22.5 Å². The van der Waals surface area contributed by atoms with E-state index in [1.54, 1.807) is 25.3 Å². The van der Waals surface area contributed by atoms with E-state index in [9.17, 15) is 18.3 Å². The molecule has 160 valence electrons. The number of carbonyl (C=O) groups excluding carboxylic acids is 1. The quantitative estimate of drug-likeness (QED) is 0.620. The fourth-order valence-electron chi connectivity index (χ4n) is 3.28. The van der Waals surface area contributed by atoms with Crippen LogP contribution >= 0.6 is 0 Å². The highest BCUT2D eigenvalue weighted by atomic mass is 32.2. The van der Waals surface area contributed by atoms with Gasteiger partial charge < -0.3 is 15.7 Å². The average molecular weight is 422 g/mol. The van der Waals surface area contributed by atoms with Crippen LogP contribution in [0.1, 0.15) is 38.8 Å². The number of sulfone groups is 1. The third kappa shape index (κ3) is 5.91. The highest BCUT2D eigenvalue weighted by Gasteiger charge is 2.20. The Morgan fingerprint density at radius 3 is 2.52 bits per heavy atom. The number of rotatable bonds is 7. The van der Waals surface area contributed by atoms with Crippen molar-refractivity contribution < 1.29 is 18.3 Å². The van der Waals surface area contributed by atoms with Crippen molar-refractivity contribution in [2.75, 3.05) is 26.0 Å². The number of carbonyl (C=O) groups is 1. The van der Waals surface area contributed by atoms with Gasteiger partial charge in [0, 0.05) is 12.7 Å². The summed E-state index contributed by atoms with van der Waals surface area (Å²) in [6, 6.07) is 5.62. The molecule has 1 aliphatic rings. The lowest BCUT2D eigenvalue weighted by Gasteiger charge is -2.29. The van der Waals surface area contributed by atoms with Crippen molar-refractivity contribution in [3.05, 3.63) is 53.3 Å². The molecule has 7 nitrogen and oxygen atoms in total. The minimum atomic E-state index is -3.29. The third-order valence-electron chi connectivity index (χ3n) is 5.02. The number of hydrogen-bond donors (Lipinski definition) is 3. The highest BCUT2D eigenvalue weighted by Crippen LogP contribution is 2.18. The molecule has 3 N–H and O–H groups in total. The predicted octanol–water partition coefficient (Wildman–Crippen LogP) is 1.73. The smallest absolute Gasteiger partial charge is 0.253 e. The molecule has 0 saturated heterocycles. The van der Waals surface area contributed by atoms with Crippen molar-refractivity contribution in [3.63, 3.8) is 0 Å². The van der Waals surface area contributed by atoms with Crippen molar-refractivity contribution in [3.8, 4) is 0 Å². The third-order valence-corrected chi connectivity index (χ3v) is 6.77. The van der Waals surface area contributed by atoms with Crippen LogP contribution in [0.4, 0.5) is 0 Å². The van der Waals surface area contributed by atoms with Gasteiger partial charge >= 0.3 is 0 Å². The number of nitrogens with one attached hydrogen (secondary N) is 2. The van der Waals surface area contributed by atoms with Crippen LogP contribution in [0.3, 0.4) is 0 Å². The first-order chi connectivity index (χ1) is 13.7. The van der Waals surface area contributed by atoms with E-state index in [0.717, 1.165) is 18.5 Å². The molecule has 1 amide bonds. The molecule has 0 saturated carbocycles. The van der Waals surface area contributed by atoms with Crippen LogP contribution in [0.2, 0.25) is 0 Å². The van der Waals surface area contributed by atoms with Gasteiger partial charge in [-0.25, -0.2) is 8.42 Å². The molecular formula is C21H31N3O4S. The number of aliphatic hydroxyl groups is 1. The second-order valence-electron chi connectivity index (χ2n) is 7.28. The van der Waals surface area contributed by atoms with E-state index in [-0.39, 0.29) is 29.3 Å². The number of nitrogens with zero attached hydrogens (tertiary/aromatic N) is 1. The number of benzene rings is 1. The summed E-state index contributed by atoms with van der Waals surface area (Å²) in [4.78, 5) is 15.2. The Morgan fingerprint density at radius 1 is 1.31 bits per heavy atom. The Bertz CT molecular complexity index is 876. The van der Waals surface area contributed by atoms with Gasteiger partial charge in [-0.1, -0.05) is 31.6 Å². The molecule has 0 fully saturated rings. The Labute approximate surface area is 173 Å². The Balaban J connectivity index is 2.18. The summed E-state index contributed by atoms with van der Waals surface area (Å²) in [7, 11) is -1.26. The predicted molar refractivity (Wildman–Crippen MR) is 114 cm³/mol.